The zero-order chi connectivity index (χ0) is 17.9. The van der Waals surface area contributed by atoms with Crippen molar-refractivity contribution in [2.24, 2.45) is 5.92 Å². The highest BCUT2D eigenvalue weighted by atomic mass is 16.8. The van der Waals surface area contributed by atoms with E-state index in [9.17, 15) is 20.1 Å². The fourth-order valence-electron chi connectivity index (χ4n) is 2.90. The Bertz CT molecular complexity index is 553. The molecule has 24 heavy (non-hydrogen) atoms. The van der Waals surface area contributed by atoms with Gasteiger partial charge in [-0.25, -0.2) is 4.79 Å². The van der Waals surface area contributed by atoms with Crippen LogP contribution in [0.5, 0.6) is 5.75 Å². The van der Waals surface area contributed by atoms with Crippen molar-refractivity contribution in [1.29, 1.82) is 0 Å². The molecular weight excluding hydrogens is 314 g/mol. The van der Waals surface area contributed by atoms with Gasteiger partial charge in [-0.2, -0.15) is 0 Å². The Balaban J connectivity index is 2.05. The third-order valence-corrected chi connectivity index (χ3v) is 3.86. The number of phenols is 1. The van der Waals surface area contributed by atoms with E-state index in [0.29, 0.717) is 0 Å². The largest absolute Gasteiger partial charge is 0.528 e. The molecule has 1 heterocycles. The Morgan fingerprint density at radius 1 is 1.25 bits per heavy atom. The van der Waals surface area contributed by atoms with E-state index >= 15 is 0 Å². The van der Waals surface area contributed by atoms with Gasteiger partial charge in [-0.3, -0.25) is 0 Å². The van der Waals surface area contributed by atoms with Crippen LogP contribution in [0, 0.1) is 5.92 Å². The standard InChI is InChI=1S/C17H25NO6/c1-17(2,3)23-16(22)24-18-8-12(10-19)15(14(21)9-18)11-4-6-13(20)7-5-11/h4-7,12,14-15,19-21H,8-10H2,1-3H3. The number of ether oxygens (including phenoxy) is 1. The molecule has 0 aromatic heterocycles. The molecule has 0 saturated carbocycles. The van der Waals surface area contributed by atoms with Crippen LogP contribution in [0.15, 0.2) is 24.3 Å². The number of hydroxylamine groups is 2. The Labute approximate surface area is 141 Å². The van der Waals surface area contributed by atoms with E-state index in [2.05, 4.69) is 0 Å². The molecule has 3 unspecified atom stereocenters. The van der Waals surface area contributed by atoms with Crippen molar-refractivity contribution in [2.45, 2.75) is 38.4 Å². The highest BCUT2D eigenvalue weighted by Crippen LogP contribution is 2.34. The number of β-amino-alcohol motifs (C(OH)–C–C–N with tert-alkyl or cyclic N) is 1. The number of aliphatic hydroxyl groups excluding tert-OH is 2. The minimum absolute atomic E-state index is 0.112. The lowest BCUT2D eigenvalue weighted by Gasteiger charge is -2.40. The first-order chi connectivity index (χ1) is 11.2. The van der Waals surface area contributed by atoms with E-state index in [1.165, 1.54) is 5.06 Å². The maximum absolute atomic E-state index is 11.8. The maximum atomic E-state index is 11.8. The number of aliphatic hydroxyl groups is 2. The molecule has 7 nitrogen and oxygen atoms in total. The second-order valence-corrected chi connectivity index (χ2v) is 7.03. The molecule has 1 aromatic carbocycles. The minimum Gasteiger partial charge on any atom is -0.508 e. The van der Waals surface area contributed by atoms with Crippen LogP contribution in [0.2, 0.25) is 0 Å². The van der Waals surface area contributed by atoms with Crippen molar-refractivity contribution in [3.63, 3.8) is 0 Å². The summed E-state index contributed by atoms with van der Waals surface area (Å²) in [4.78, 5) is 16.9. The van der Waals surface area contributed by atoms with Gasteiger partial charge < -0.3 is 24.9 Å². The number of benzene rings is 1. The van der Waals surface area contributed by atoms with Crippen LogP contribution in [0.25, 0.3) is 0 Å². The lowest BCUT2D eigenvalue weighted by Crippen LogP contribution is -2.50. The molecule has 2 rings (SSSR count). The van der Waals surface area contributed by atoms with Crippen LogP contribution in [-0.2, 0) is 9.57 Å². The maximum Gasteiger partial charge on any atom is 0.528 e. The molecule has 0 amide bonds. The van der Waals surface area contributed by atoms with Gasteiger partial charge in [0.2, 0.25) is 0 Å². The van der Waals surface area contributed by atoms with Gasteiger partial charge in [-0.15, -0.1) is 5.06 Å². The Morgan fingerprint density at radius 2 is 1.88 bits per heavy atom. The summed E-state index contributed by atoms with van der Waals surface area (Å²) < 4.78 is 5.09. The van der Waals surface area contributed by atoms with Crippen LogP contribution < -0.4 is 0 Å². The summed E-state index contributed by atoms with van der Waals surface area (Å²) in [6.45, 7) is 5.42. The number of carbonyl (C=O) groups excluding carboxylic acids is 1. The van der Waals surface area contributed by atoms with Crippen molar-refractivity contribution >= 4 is 6.16 Å². The third kappa shape index (κ3) is 4.83. The number of nitrogens with zero attached hydrogens (tertiary/aromatic N) is 1. The molecule has 1 saturated heterocycles. The van der Waals surface area contributed by atoms with Gasteiger partial charge in [0.05, 0.1) is 12.6 Å². The highest BCUT2D eigenvalue weighted by molar-refractivity contribution is 5.60. The fraction of sp³-hybridized carbons (Fsp3) is 0.588. The molecule has 1 aromatic rings. The Kier molecular flexibility index (Phi) is 5.69. The topological polar surface area (TPSA) is 99.5 Å². The van der Waals surface area contributed by atoms with Gasteiger partial charge >= 0.3 is 6.16 Å². The summed E-state index contributed by atoms with van der Waals surface area (Å²) in [6, 6.07) is 6.52. The van der Waals surface area contributed by atoms with E-state index in [0.717, 1.165) is 5.56 Å². The first kappa shape index (κ1) is 18.5. The highest BCUT2D eigenvalue weighted by Gasteiger charge is 2.38. The second-order valence-electron chi connectivity index (χ2n) is 7.03. The van der Waals surface area contributed by atoms with Gasteiger partial charge in [-0.1, -0.05) is 12.1 Å². The van der Waals surface area contributed by atoms with Crippen molar-refractivity contribution in [1.82, 2.24) is 5.06 Å². The lowest BCUT2D eigenvalue weighted by molar-refractivity contribution is -0.185. The lowest BCUT2D eigenvalue weighted by atomic mass is 9.79. The summed E-state index contributed by atoms with van der Waals surface area (Å²) in [5.41, 5.74) is 0.146. The molecule has 7 heteroatoms. The number of carbonyl (C=O) groups is 1. The van der Waals surface area contributed by atoms with E-state index < -0.39 is 17.9 Å². The van der Waals surface area contributed by atoms with E-state index in [1.54, 1.807) is 45.0 Å². The molecule has 3 N–H and O–H groups in total. The van der Waals surface area contributed by atoms with Crippen LogP contribution in [0.4, 0.5) is 4.79 Å². The summed E-state index contributed by atoms with van der Waals surface area (Å²) >= 11 is 0. The molecule has 1 aliphatic rings. The molecule has 0 aliphatic carbocycles. The molecule has 1 fully saturated rings. The van der Waals surface area contributed by atoms with E-state index in [-0.39, 0.29) is 37.3 Å². The van der Waals surface area contributed by atoms with Crippen molar-refractivity contribution in [2.75, 3.05) is 19.7 Å². The van der Waals surface area contributed by atoms with Crippen molar-refractivity contribution in [3.05, 3.63) is 29.8 Å². The molecule has 0 spiro atoms. The van der Waals surface area contributed by atoms with Crippen LogP contribution in [0.1, 0.15) is 32.3 Å². The predicted molar refractivity (Wildman–Crippen MR) is 86.3 cm³/mol. The molecular formula is C17H25NO6. The Hall–Kier alpha value is -1.83. The second kappa shape index (κ2) is 7.38. The SMILES string of the molecule is CC(C)(C)OC(=O)ON1CC(O)C(c2ccc(O)cc2)C(CO)C1. The predicted octanol–water partition coefficient (Wildman–Crippen LogP) is 1.63. The van der Waals surface area contributed by atoms with E-state index in [1.807, 2.05) is 0 Å². The zero-order valence-electron chi connectivity index (χ0n) is 14.2. The van der Waals surface area contributed by atoms with Crippen molar-refractivity contribution in [3.8, 4) is 5.75 Å². The number of hydrogen-bond donors (Lipinski definition) is 3. The molecule has 1 aliphatic heterocycles. The summed E-state index contributed by atoms with van der Waals surface area (Å²) in [7, 11) is 0. The first-order valence-electron chi connectivity index (χ1n) is 7.93. The Morgan fingerprint density at radius 3 is 2.42 bits per heavy atom. The van der Waals surface area contributed by atoms with Crippen LogP contribution in [0.3, 0.4) is 0 Å². The van der Waals surface area contributed by atoms with E-state index in [4.69, 9.17) is 9.57 Å². The fourth-order valence-corrected chi connectivity index (χ4v) is 2.90. The molecule has 3 atom stereocenters. The first-order valence-corrected chi connectivity index (χ1v) is 7.93. The summed E-state index contributed by atoms with van der Waals surface area (Å²) in [5.74, 6) is -0.491. The number of piperidine rings is 1. The number of hydrogen-bond acceptors (Lipinski definition) is 7. The van der Waals surface area contributed by atoms with Gasteiger partial charge in [-0.05, 0) is 38.5 Å². The zero-order valence-corrected chi connectivity index (χ0v) is 14.2. The van der Waals surface area contributed by atoms with Gasteiger partial charge in [0, 0.05) is 25.0 Å². The van der Waals surface area contributed by atoms with Gasteiger partial charge in [0.1, 0.15) is 11.4 Å². The average molecular weight is 339 g/mol. The number of phenolic OH excluding ortho intramolecular Hbond substituents is 1. The van der Waals surface area contributed by atoms with Gasteiger partial charge in [0.15, 0.2) is 0 Å². The number of aromatic hydroxyl groups is 1. The quantitative estimate of drug-likeness (QED) is 0.720. The molecule has 0 radical (unpaired) electrons. The molecule has 0 bridgehead atoms. The molecule has 134 valence electrons. The van der Waals surface area contributed by atoms with Crippen molar-refractivity contribution < 1.29 is 29.7 Å². The minimum atomic E-state index is -0.838. The third-order valence-electron chi connectivity index (χ3n) is 3.86. The monoisotopic (exact) mass is 339 g/mol. The van der Waals surface area contributed by atoms with Crippen LogP contribution >= 0.6 is 0 Å². The smallest absolute Gasteiger partial charge is 0.508 e. The van der Waals surface area contributed by atoms with Gasteiger partial charge in [0.25, 0.3) is 0 Å². The normalized spacial score (nSPS) is 25.3. The van der Waals surface area contributed by atoms with Crippen LogP contribution in [-0.4, -0.2) is 57.9 Å². The average Bonchev–Trinajstić information content (AvgIpc) is 2.46. The summed E-state index contributed by atoms with van der Waals surface area (Å²) in [6.07, 6.45) is -1.67. The number of rotatable bonds is 3. The summed E-state index contributed by atoms with van der Waals surface area (Å²) in [5, 5.41) is 30.8.